The zero-order valence-electron chi connectivity index (χ0n) is 21.3. The number of piperazine rings is 2. The Hall–Kier alpha value is -2.94. The van der Waals surface area contributed by atoms with Crippen molar-refractivity contribution in [1.82, 2.24) is 20.4 Å². The molecule has 2 saturated heterocycles. The number of hydrogen-bond acceptors (Lipinski definition) is 6. The Balaban J connectivity index is 0.000000280. The van der Waals surface area contributed by atoms with Crippen LogP contribution in [-0.2, 0) is 4.74 Å². The number of benzene rings is 2. The number of carbonyl (C=O) groups is 3. The number of carbonyl (C=O) groups excluding carboxylic acids is 3. The minimum atomic E-state index is -0.407. The van der Waals surface area contributed by atoms with Gasteiger partial charge in [-0.1, -0.05) is 56.0 Å². The summed E-state index contributed by atoms with van der Waals surface area (Å²) in [5, 5.41) is 6.00. The number of nitrogens with zero attached hydrogens (tertiary/aromatic N) is 2. The molecule has 0 unspecified atom stereocenters. The molecule has 37 heavy (non-hydrogen) atoms. The Morgan fingerprint density at radius 1 is 0.730 bits per heavy atom. The average Bonchev–Trinajstić information content (AvgIpc) is 2.90. The smallest absolute Gasteiger partial charge is 0.410 e. The van der Waals surface area contributed by atoms with E-state index in [4.69, 9.17) is 16.3 Å². The van der Waals surface area contributed by atoms with Crippen LogP contribution in [0, 0.1) is 0 Å². The highest BCUT2D eigenvalue weighted by Gasteiger charge is 2.22. The number of ether oxygens (including phenoxy) is 1. The normalized spacial score (nSPS) is 15.0. The second-order valence-electron chi connectivity index (χ2n) is 9.27. The van der Waals surface area contributed by atoms with Gasteiger partial charge in [0, 0.05) is 63.5 Å². The van der Waals surface area contributed by atoms with Crippen molar-refractivity contribution in [1.29, 1.82) is 0 Å². The second-order valence-corrected chi connectivity index (χ2v) is 9.61. The first-order chi connectivity index (χ1) is 17.2. The molecule has 8 nitrogen and oxygen atoms in total. The van der Waals surface area contributed by atoms with E-state index in [9.17, 15) is 14.4 Å². The molecule has 2 N–H and O–H groups in total. The van der Waals surface area contributed by atoms with Crippen LogP contribution in [-0.4, -0.2) is 85.0 Å². The zero-order valence-corrected chi connectivity index (χ0v) is 22.1. The van der Waals surface area contributed by atoms with Gasteiger partial charge in [-0.3, -0.25) is 9.59 Å². The van der Waals surface area contributed by atoms with E-state index >= 15 is 0 Å². The monoisotopic (exact) mass is 532 g/mol. The fourth-order valence-corrected chi connectivity index (χ4v) is 3.50. The minimum absolute atomic E-state index is 0. The van der Waals surface area contributed by atoms with Gasteiger partial charge in [0.25, 0.3) is 11.1 Å². The van der Waals surface area contributed by atoms with Crippen molar-refractivity contribution in [3.63, 3.8) is 0 Å². The van der Waals surface area contributed by atoms with Gasteiger partial charge in [-0.2, -0.15) is 0 Å². The Morgan fingerprint density at radius 3 is 1.51 bits per heavy atom. The van der Waals surface area contributed by atoms with E-state index in [1.807, 2.05) is 62.1 Å². The third-order valence-corrected chi connectivity index (χ3v) is 5.41. The number of rotatable bonds is 2. The van der Waals surface area contributed by atoms with Gasteiger partial charge in [0.2, 0.25) is 0 Å². The standard InChI is InChI=1S/C11H14N2O.C9H18N2O2.C7H5ClO.CH4/c14-11(10-4-2-1-3-5-10)13-8-6-12-7-9-13;1-9(2,3)13-8(12)11-6-4-10-5-7-11;8-7(9)6-4-2-1-3-5-6;/h1-5,12H,6-9H2;10H,4-7H2,1-3H3;1-5H;1H4. The predicted octanol–water partition coefficient (Wildman–Crippen LogP) is 4.26. The molecule has 2 aliphatic heterocycles. The lowest BCUT2D eigenvalue weighted by Gasteiger charge is -2.30. The van der Waals surface area contributed by atoms with Gasteiger partial charge in [-0.25, -0.2) is 4.79 Å². The largest absolute Gasteiger partial charge is 0.444 e. The van der Waals surface area contributed by atoms with Crippen molar-refractivity contribution in [3.05, 3.63) is 71.8 Å². The van der Waals surface area contributed by atoms with Crippen molar-refractivity contribution in [2.75, 3.05) is 52.4 Å². The third-order valence-electron chi connectivity index (χ3n) is 5.19. The van der Waals surface area contributed by atoms with Gasteiger partial charge in [0.1, 0.15) is 5.60 Å². The van der Waals surface area contributed by atoms with Crippen LogP contribution >= 0.6 is 11.6 Å². The van der Waals surface area contributed by atoms with Crippen LogP contribution in [0.25, 0.3) is 0 Å². The molecule has 9 heteroatoms. The predicted molar refractivity (Wildman–Crippen MR) is 149 cm³/mol. The summed E-state index contributed by atoms with van der Waals surface area (Å²) in [5.41, 5.74) is 0.940. The molecule has 0 radical (unpaired) electrons. The summed E-state index contributed by atoms with van der Waals surface area (Å²) in [6, 6.07) is 18.2. The zero-order chi connectivity index (χ0) is 26.4. The van der Waals surface area contributed by atoms with Crippen LogP contribution in [0.2, 0.25) is 0 Å². The van der Waals surface area contributed by atoms with Crippen LogP contribution in [0.1, 0.15) is 48.9 Å². The summed E-state index contributed by atoms with van der Waals surface area (Å²) >= 11 is 5.16. The topological polar surface area (TPSA) is 91.0 Å². The molecule has 2 fully saturated rings. The first-order valence-electron chi connectivity index (χ1n) is 12.2. The van der Waals surface area contributed by atoms with Gasteiger partial charge < -0.3 is 25.2 Å². The Labute approximate surface area is 226 Å². The maximum Gasteiger partial charge on any atom is 0.410 e. The second kappa shape index (κ2) is 16.7. The maximum atomic E-state index is 11.9. The molecule has 2 amide bonds. The number of nitrogens with one attached hydrogen (secondary N) is 2. The SMILES string of the molecule is C.CC(C)(C)OC(=O)N1CCNCC1.O=C(Cl)c1ccccc1.O=C(c1ccccc1)N1CCNCC1. The Bertz CT molecular complexity index is 940. The van der Waals surface area contributed by atoms with Crippen LogP contribution in [0.3, 0.4) is 0 Å². The van der Waals surface area contributed by atoms with Crippen molar-refractivity contribution >= 4 is 28.8 Å². The van der Waals surface area contributed by atoms with Crippen LogP contribution in [0.15, 0.2) is 60.7 Å². The van der Waals surface area contributed by atoms with E-state index in [1.165, 1.54) is 0 Å². The van der Waals surface area contributed by atoms with Crippen molar-refractivity contribution in [3.8, 4) is 0 Å². The molecular formula is C28H41ClN4O4. The summed E-state index contributed by atoms with van der Waals surface area (Å²) in [7, 11) is 0. The molecule has 2 aromatic rings. The molecule has 0 saturated carbocycles. The molecule has 0 atom stereocenters. The molecule has 0 aromatic heterocycles. The molecule has 0 spiro atoms. The van der Waals surface area contributed by atoms with E-state index < -0.39 is 5.24 Å². The molecule has 0 bridgehead atoms. The van der Waals surface area contributed by atoms with E-state index in [-0.39, 0.29) is 25.0 Å². The minimum Gasteiger partial charge on any atom is -0.444 e. The van der Waals surface area contributed by atoms with Gasteiger partial charge in [-0.05, 0) is 44.5 Å². The Morgan fingerprint density at radius 2 is 1.14 bits per heavy atom. The molecule has 2 heterocycles. The van der Waals surface area contributed by atoms with Crippen molar-refractivity contribution in [2.24, 2.45) is 0 Å². The van der Waals surface area contributed by atoms with Gasteiger partial charge >= 0.3 is 6.09 Å². The van der Waals surface area contributed by atoms with Crippen LogP contribution < -0.4 is 10.6 Å². The highest BCUT2D eigenvalue weighted by Crippen LogP contribution is 2.10. The summed E-state index contributed by atoms with van der Waals surface area (Å²) in [5.74, 6) is 0.145. The number of amides is 2. The number of hydrogen-bond donors (Lipinski definition) is 2. The lowest BCUT2D eigenvalue weighted by atomic mass is 10.2. The summed E-state index contributed by atoms with van der Waals surface area (Å²) in [6.45, 7) is 12.3. The van der Waals surface area contributed by atoms with Gasteiger partial charge in [0.15, 0.2) is 0 Å². The molecular weight excluding hydrogens is 492 g/mol. The fraction of sp³-hybridized carbons (Fsp3) is 0.464. The molecule has 2 aliphatic rings. The van der Waals surface area contributed by atoms with Crippen molar-refractivity contribution < 1.29 is 19.1 Å². The lowest BCUT2D eigenvalue weighted by Crippen LogP contribution is -2.48. The lowest BCUT2D eigenvalue weighted by molar-refractivity contribution is 0.0228. The summed E-state index contributed by atoms with van der Waals surface area (Å²) in [4.78, 5) is 37.4. The summed E-state index contributed by atoms with van der Waals surface area (Å²) < 4.78 is 5.24. The van der Waals surface area contributed by atoms with E-state index in [1.54, 1.807) is 29.2 Å². The molecule has 4 rings (SSSR count). The number of halogens is 1. The van der Waals surface area contributed by atoms with E-state index in [0.717, 1.165) is 57.9 Å². The average molecular weight is 533 g/mol. The van der Waals surface area contributed by atoms with Gasteiger partial charge in [-0.15, -0.1) is 0 Å². The molecule has 0 aliphatic carbocycles. The third kappa shape index (κ3) is 12.7. The first kappa shape index (κ1) is 32.1. The molecule has 204 valence electrons. The van der Waals surface area contributed by atoms with Crippen molar-refractivity contribution in [2.45, 2.75) is 33.8 Å². The van der Waals surface area contributed by atoms with Crippen LogP contribution in [0.4, 0.5) is 4.79 Å². The van der Waals surface area contributed by atoms with E-state index in [2.05, 4.69) is 10.6 Å². The quantitative estimate of drug-likeness (QED) is 0.562. The first-order valence-corrected chi connectivity index (χ1v) is 12.5. The highest BCUT2D eigenvalue weighted by molar-refractivity contribution is 6.67. The molecule has 2 aromatic carbocycles. The Kier molecular flexibility index (Phi) is 14.5. The van der Waals surface area contributed by atoms with Gasteiger partial charge in [0.05, 0.1) is 0 Å². The van der Waals surface area contributed by atoms with E-state index in [0.29, 0.717) is 5.56 Å². The van der Waals surface area contributed by atoms with Crippen LogP contribution in [0.5, 0.6) is 0 Å². The fourth-order valence-electron chi connectivity index (χ4n) is 3.37. The maximum absolute atomic E-state index is 11.9. The highest BCUT2D eigenvalue weighted by atomic mass is 35.5. The summed E-state index contributed by atoms with van der Waals surface area (Å²) in [6.07, 6.45) is -0.200.